The number of carbonyl (C=O) groups excluding carboxylic acids is 1. The maximum Gasteiger partial charge on any atom is 0.283 e. The van der Waals surface area contributed by atoms with Crippen LogP contribution in [0.1, 0.15) is 10.4 Å². The van der Waals surface area contributed by atoms with Gasteiger partial charge in [0.1, 0.15) is 11.5 Å². The van der Waals surface area contributed by atoms with Crippen molar-refractivity contribution in [3.05, 3.63) is 101 Å². The number of amides is 1. The molecule has 0 unspecified atom stereocenters. The van der Waals surface area contributed by atoms with E-state index in [1.165, 1.54) is 11.3 Å². The second-order valence-electron chi connectivity index (χ2n) is 7.49. The lowest BCUT2D eigenvalue weighted by atomic mass is 10.1. The van der Waals surface area contributed by atoms with E-state index in [4.69, 9.17) is 9.47 Å². The quantitative estimate of drug-likeness (QED) is 0.314. The number of nitrogens with zero attached hydrogens (tertiary/aromatic N) is 2. The molecule has 6 heteroatoms. The minimum absolute atomic E-state index is 0.344. The molecule has 4 aromatic carbocycles. The lowest BCUT2D eigenvalue weighted by molar-refractivity contribution is 0.0995. The summed E-state index contributed by atoms with van der Waals surface area (Å²) in [5, 5.41) is 2.30. The zero-order chi connectivity index (χ0) is 22.6. The standard InChI is InChI=1S/C27H22N2O3S/c1-31-18-17-29-23-16-15-19-9-5-6-12-21(19)25(23)33-27(29)28-26(30)22-13-7-8-14-24(22)32-20-10-3-2-4-11-20/h2-16H,17-18H2,1H3. The van der Waals surface area contributed by atoms with E-state index in [-0.39, 0.29) is 5.91 Å². The number of hydrogen-bond donors (Lipinski definition) is 0. The molecule has 0 radical (unpaired) electrons. The Morgan fingerprint density at radius 3 is 2.52 bits per heavy atom. The van der Waals surface area contributed by atoms with Crippen LogP contribution >= 0.6 is 11.3 Å². The Morgan fingerprint density at radius 2 is 1.67 bits per heavy atom. The molecule has 5 nitrogen and oxygen atoms in total. The molecule has 0 saturated carbocycles. The highest BCUT2D eigenvalue weighted by atomic mass is 32.1. The number of benzene rings is 4. The summed E-state index contributed by atoms with van der Waals surface area (Å²) in [6, 6.07) is 29.0. The van der Waals surface area contributed by atoms with Crippen molar-refractivity contribution >= 4 is 38.2 Å². The van der Waals surface area contributed by atoms with Gasteiger partial charge in [0.15, 0.2) is 4.80 Å². The third kappa shape index (κ3) is 4.31. The monoisotopic (exact) mass is 454 g/mol. The van der Waals surface area contributed by atoms with Gasteiger partial charge in [-0.15, -0.1) is 0 Å². The van der Waals surface area contributed by atoms with E-state index in [1.807, 2.05) is 54.6 Å². The fourth-order valence-electron chi connectivity index (χ4n) is 3.78. The highest BCUT2D eigenvalue weighted by molar-refractivity contribution is 7.17. The summed E-state index contributed by atoms with van der Waals surface area (Å²) < 4.78 is 14.4. The van der Waals surface area contributed by atoms with Crippen molar-refractivity contribution in [3.8, 4) is 11.5 Å². The summed E-state index contributed by atoms with van der Waals surface area (Å²) in [6.07, 6.45) is 0. The molecule has 0 spiro atoms. The van der Waals surface area contributed by atoms with Gasteiger partial charge in [-0.05, 0) is 35.7 Å². The first-order valence-electron chi connectivity index (χ1n) is 10.7. The molecule has 5 aromatic rings. The van der Waals surface area contributed by atoms with Crippen molar-refractivity contribution in [3.63, 3.8) is 0 Å². The van der Waals surface area contributed by atoms with Crippen LogP contribution in [0.2, 0.25) is 0 Å². The number of para-hydroxylation sites is 2. The Hall–Kier alpha value is -3.74. The summed E-state index contributed by atoms with van der Waals surface area (Å²) in [7, 11) is 1.67. The van der Waals surface area contributed by atoms with Crippen LogP contribution in [0.25, 0.3) is 21.0 Å². The van der Waals surface area contributed by atoms with Crippen molar-refractivity contribution in [1.29, 1.82) is 0 Å². The van der Waals surface area contributed by atoms with Crippen LogP contribution in [0.5, 0.6) is 11.5 Å². The molecule has 1 aromatic heterocycles. The van der Waals surface area contributed by atoms with Crippen LogP contribution in [0.4, 0.5) is 0 Å². The molecular weight excluding hydrogens is 432 g/mol. The molecule has 5 rings (SSSR count). The number of methoxy groups -OCH3 is 1. The van der Waals surface area contributed by atoms with Gasteiger partial charge in [0, 0.05) is 19.0 Å². The number of fused-ring (bicyclic) bond motifs is 3. The van der Waals surface area contributed by atoms with Gasteiger partial charge in [0.05, 0.1) is 22.4 Å². The third-order valence-electron chi connectivity index (χ3n) is 5.38. The van der Waals surface area contributed by atoms with Gasteiger partial charge < -0.3 is 14.0 Å². The molecule has 1 heterocycles. The average Bonchev–Trinajstić information content (AvgIpc) is 3.21. The Labute approximate surface area is 195 Å². The number of aromatic nitrogens is 1. The molecule has 0 bridgehead atoms. The van der Waals surface area contributed by atoms with Gasteiger partial charge in [0.25, 0.3) is 5.91 Å². The van der Waals surface area contributed by atoms with Crippen LogP contribution in [-0.2, 0) is 11.3 Å². The molecule has 0 saturated heterocycles. The number of rotatable bonds is 6. The van der Waals surface area contributed by atoms with Gasteiger partial charge in [-0.2, -0.15) is 4.99 Å². The van der Waals surface area contributed by atoms with E-state index in [0.29, 0.717) is 35.0 Å². The Balaban J connectivity index is 1.62. The summed E-state index contributed by atoms with van der Waals surface area (Å²) in [5.41, 5.74) is 1.46. The lowest BCUT2D eigenvalue weighted by Gasteiger charge is -2.09. The van der Waals surface area contributed by atoms with Gasteiger partial charge in [-0.3, -0.25) is 4.79 Å². The van der Waals surface area contributed by atoms with Gasteiger partial charge in [-0.25, -0.2) is 0 Å². The van der Waals surface area contributed by atoms with E-state index in [0.717, 1.165) is 21.0 Å². The zero-order valence-corrected chi connectivity index (χ0v) is 18.9. The molecule has 164 valence electrons. The molecule has 0 aliphatic carbocycles. The third-order valence-corrected chi connectivity index (χ3v) is 6.51. The fraction of sp³-hybridized carbons (Fsp3) is 0.111. The first kappa shape index (κ1) is 21.1. The number of ether oxygens (including phenoxy) is 2. The van der Waals surface area contributed by atoms with Crippen molar-refractivity contribution in [2.45, 2.75) is 6.54 Å². The number of carbonyl (C=O) groups is 1. The lowest BCUT2D eigenvalue weighted by Crippen LogP contribution is -2.19. The minimum atomic E-state index is -0.344. The van der Waals surface area contributed by atoms with Crippen LogP contribution < -0.4 is 9.54 Å². The van der Waals surface area contributed by atoms with Crippen molar-refractivity contribution in [2.75, 3.05) is 13.7 Å². The van der Waals surface area contributed by atoms with E-state index in [2.05, 4.69) is 33.8 Å². The molecule has 0 N–H and O–H groups in total. The molecule has 0 atom stereocenters. The molecule has 0 aliphatic rings. The van der Waals surface area contributed by atoms with Crippen LogP contribution in [0.3, 0.4) is 0 Å². The molecular formula is C27H22N2O3S. The summed E-state index contributed by atoms with van der Waals surface area (Å²) in [6.45, 7) is 1.12. The summed E-state index contributed by atoms with van der Waals surface area (Å²) in [5.74, 6) is 0.803. The van der Waals surface area contributed by atoms with Crippen molar-refractivity contribution < 1.29 is 14.3 Å². The van der Waals surface area contributed by atoms with Crippen molar-refractivity contribution in [1.82, 2.24) is 4.57 Å². The van der Waals surface area contributed by atoms with Gasteiger partial charge in [0.2, 0.25) is 0 Å². The summed E-state index contributed by atoms with van der Waals surface area (Å²) >= 11 is 1.52. The normalized spacial score (nSPS) is 11.8. The maximum absolute atomic E-state index is 13.3. The van der Waals surface area contributed by atoms with Crippen LogP contribution in [0.15, 0.2) is 96.0 Å². The zero-order valence-electron chi connectivity index (χ0n) is 18.1. The Bertz CT molecular complexity index is 1500. The molecule has 33 heavy (non-hydrogen) atoms. The van der Waals surface area contributed by atoms with Gasteiger partial charge in [-0.1, -0.05) is 72.0 Å². The largest absolute Gasteiger partial charge is 0.457 e. The van der Waals surface area contributed by atoms with Crippen LogP contribution in [0, 0.1) is 0 Å². The maximum atomic E-state index is 13.3. The predicted molar refractivity (Wildman–Crippen MR) is 132 cm³/mol. The Kier molecular flexibility index (Phi) is 6.02. The number of thiazole rings is 1. The van der Waals surface area contributed by atoms with Crippen LogP contribution in [-0.4, -0.2) is 24.2 Å². The van der Waals surface area contributed by atoms with E-state index in [9.17, 15) is 4.79 Å². The summed E-state index contributed by atoms with van der Waals surface area (Å²) in [4.78, 5) is 18.5. The van der Waals surface area contributed by atoms with E-state index in [1.54, 1.807) is 19.2 Å². The first-order chi connectivity index (χ1) is 16.2. The highest BCUT2D eigenvalue weighted by Crippen LogP contribution is 2.28. The minimum Gasteiger partial charge on any atom is -0.457 e. The number of hydrogen-bond acceptors (Lipinski definition) is 4. The Morgan fingerprint density at radius 1 is 0.909 bits per heavy atom. The second kappa shape index (κ2) is 9.40. The van der Waals surface area contributed by atoms with E-state index >= 15 is 0 Å². The van der Waals surface area contributed by atoms with E-state index < -0.39 is 0 Å². The average molecular weight is 455 g/mol. The predicted octanol–water partition coefficient (Wildman–Crippen LogP) is 6.04. The topological polar surface area (TPSA) is 52.8 Å². The fourth-order valence-corrected chi connectivity index (χ4v) is 4.97. The van der Waals surface area contributed by atoms with Crippen molar-refractivity contribution in [2.24, 2.45) is 4.99 Å². The SMILES string of the molecule is COCCn1c(=NC(=O)c2ccccc2Oc2ccccc2)sc2c3ccccc3ccc21. The van der Waals surface area contributed by atoms with Gasteiger partial charge >= 0.3 is 0 Å². The smallest absolute Gasteiger partial charge is 0.283 e. The molecule has 1 amide bonds. The molecule has 0 fully saturated rings. The first-order valence-corrected chi connectivity index (χ1v) is 11.5. The highest BCUT2D eigenvalue weighted by Gasteiger charge is 2.15. The second-order valence-corrected chi connectivity index (χ2v) is 8.47. The molecule has 0 aliphatic heterocycles.